The number of likely N-dealkylation sites (tertiary alicyclic amines) is 2. The SMILES string of the molecule is CC(C)(C)OC(=O)N1CCC[C@H]1c1ncc(-c2ccc(C#Cc3cc4[nH]c([C@@H]5CCCN5C(=O)OC(C)(C)C)nc4cc3Cl)cc2)[nH]1. The third kappa shape index (κ3) is 7.41. The molecule has 2 saturated heterocycles. The zero-order chi connectivity index (χ0) is 33.5. The molecule has 2 aliphatic rings. The summed E-state index contributed by atoms with van der Waals surface area (Å²) in [5.41, 5.74) is 3.76. The lowest BCUT2D eigenvalue weighted by atomic mass is 10.1. The average Bonchev–Trinajstić information content (AvgIpc) is 3.80. The molecule has 10 nitrogen and oxygen atoms in total. The van der Waals surface area contributed by atoms with Crippen LogP contribution in [-0.4, -0.2) is 66.2 Å². The Bertz CT molecular complexity index is 1850. The molecule has 2 aromatic carbocycles. The highest BCUT2D eigenvalue weighted by atomic mass is 35.5. The van der Waals surface area contributed by atoms with E-state index in [0.29, 0.717) is 29.5 Å². The number of ether oxygens (including phenoxy) is 2. The van der Waals surface area contributed by atoms with Gasteiger partial charge in [0.05, 0.1) is 40.0 Å². The molecule has 2 amide bonds. The summed E-state index contributed by atoms with van der Waals surface area (Å²) in [7, 11) is 0. The fraction of sp³-hybridized carbons (Fsp3) is 0.444. The van der Waals surface area contributed by atoms with Crippen LogP contribution in [0.5, 0.6) is 0 Å². The Labute approximate surface area is 280 Å². The number of hydrogen-bond acceptors (Lipinski definition) is 6. The zero-order valence-electron chi connectivity index (χ0n) is 27.7. The maximum absolute atomic E-state index is 12.8. The Kier molecular flexibility index (Phi) is 8.70. The van der Waals surface area contributed by atoms with Gasteiger partial charge in [-0.15, -0.1) is 0 Å². The fourth-order valence-electron chi connectivity index (χ4n) is 6.01. The van der Waals surface area contributed by atoms with Crippen LogP contribution in [0, 0.1) is 11.8 Å². The number of carbonyl (C=O) groups excluding carboxylic acids is 2. The van der Waals surface area contributed by atoms with E-state index in [2.05, 4.69) is 26.8 Å². The summed E-state index contributed by atoms with van der Waals surface area (Å²) in [6.07, 6.45) is 4.58. The van der Waals surface area contributed by atoms with Crippen LogP contribution in [0.1, 0.15) is 102 Å². The van der Waals surface area contributed by atoms with Crippen LogP contribution in [0.25, 0.3) is 22.3 Å². The van der Waals surface area contributed by atoms with Gasteiger partial charge in [-0.05, 0) is 97.1 Å². The molecule has 2 N–H and O–H groups in total. The molecule has 47 heavy (non-hydrogen) atoms. The van der Waals surface area contributed by atoms with Gasteiger partial charge in [-0.2, -0.15) is 0 Å². The number of imidazole rings is 2. The topological polar surface area (TPSA) is 116 Å². The van der Waals surface area contributed by atoms with Gasteiger partial charge in [-0.1, -0.05) is 35.6 Å². The summed E-state index contributed by atoms with van der Waals surface area (Å²) in [6, 6.07) is 11.3. The number of hydrogen-bond donors (Lipinski definition) is 2. The summed E-state index contributed by atoms with van der Waals surface area (Å²) < 4.78 is 11.2. The van der Waals surface area contributed by atoms with Crippen molar-refractivity contribution in [3.63, 3.8) is 0 Å². The quantitative estimate of drug-likeness (QED) is 0.215. The second-order valence-corrected chi connectivity index (χ2v) is 14.6. The summed E-state index contributed by atoms with van der Waals surface area (Å²) >= 11 is 6.63. The first-order valence-electron chi connectivity index (χ1n) is 16.1. The van der Waals surface area contributed by atoms with Crippen LogP contribution >= 0.6 is 11.6 Å². The van der Waals surface area contributed by atoms with Crippen LogP contribution in [-0.2, 0) is 9.47 Å². The Morgan fingerprint density at radius 2 is 1.45 bits per heavy atom. The number of amides is 2. The van der Waals surface area contributed by atoms with Crippen LogP contribution in [0.15, 0.2) is 42.6 Å². The van der Waals surface area contributed by atoms with Crippen molar-refractivity contribution in [2.24, 2.45) is 0 Å². The number of carbonyl (C=O) groups is 2. The Hall–Kier alpha value is -4.49. The first kappa shape index (κ1) is 32.5. The van der Waals surface area contributed by atoms with Crippen LogP contribution in [0.2, 0.25) is 5.02 Å². The van der Waals surface area contributed by atoms with Gasteiger partial charge in [0.25, 0.3) is 0 Å². The minimum atomic E-state index is -0.565. The van der Waals surface area contributed by atoms with Gasteiger partial charge in [-0.3, -0.25) is 9.80 Å². The van der Waals surface area contributed by atoms with E-state index in [1.54, 1.807) is 22.1 Å². The van der Waals surface area contributed by atoms with Gasteiger partial charge in [0.1, 0.15) is 22.9 Å². The summed E-state index contributed by atoms with van der Waals surface area (Å²) in [6.45, 7) is 12.5. The lowest BCUT2D eigenvalue weighted by molar-refractivity contribution is 0.0208. The van der Waals surface area contributed by atoms with Gasteiger partial charge in [0.2, 0.25) is 0 Å². The molecule has 246 valence electrons. The molecule has 4 heterocycles. The van der Waals surface area contributed by atoms with Gasteiger partial charge in [0, 0.05) is 24.2 Å². The molecule has 2 fully saturated rings. The summed E-state index contributed by atoms with van der Waals surface area (Å²) in [4.78, 5) is 45.2. The van der Waals surface area contributed by atoms with Crippen molar-refractivity contribution in [2.75, 3.05) is 13.1 Å². The smallest absolute Gasteiger partial charge is 0.410 e. The van der Waals surface area contributed by atoms with Crippen LogP contribution < -0.4 is 0 Å². The van der Waals surface area contributed by atoms with Crippen molar-refractivity contribution < 1.29 is 19.1 Å². The normalized spacial score (nSPS) is 18.4. The molecule has 0 aliphatic carbocycles. The molecule has 2 aliphatic heterocycles. The molecule has 0 saturated carbocycles. The highest BCUT2D eigenvalue weighted by Gasteiger charge is 2.36. The monoisotopic (exact) mass is 656 g/mol. The van der Waals surface area contributed by atoms with Crippen molar-refractivity contribution in [1.82, 2.24) is 29.7 Å². The molecule has 0 spiro atoms. The Balaban J connectivity index is 1.15. The third-order valence-corrected chi connectivity index (χ3v) is 8.43. The lowest BCUT2D eigenvalue weighted by Crippen LogP contribution is -2.36. The first-order chi connectivity index (χ1) is 22.2. The van der Waals surface area contributed by atoms with Gasteiger partial charge >= 0.3 is 12.2 Å². The van der Waals surface area contributed by atoms with Gasteiger partial charge < -0.3 is 19.4 Å². The molecule has 0 radical (unpaired) electrons. The van der Waals surface area contributed by atoms with Crippen molar-refractivity contribution >= 4 is 34.8 Å². The number of nitrogens with zero attached hydrogens (tertiary/aromatic N) is 4. The second-order valence-electron chi connectivity index (χ2n) is 14.1. The van der Waals surface area contributed by atoms with Crippen molar-refractivity contribution in [3.8, 4) is 23.1 Å². The molecule has 0 unspecified atom stereocenters. The molecule has 4 aromatic rings. The minimum Gasteiger partial charge on any atom is -0.444 e. The lowest BCUT2D eigenvalue weighted by Gasteiger charge is -2.27. The molecule has 2 aromatic heterocycles. The molecular formula is C36H41ClN6O4. The van der Waals surface area contributed by atoms with E-state index in [1.807, 2.05) is 71.9 Å². The second kappa shape index (κ2) is 12.6. The average molecular weight is 657 g/mol. The minimum absolute atomic E-state index is 0.140. The predicted molar refractivity (Wildman–Crippen MR) is 181 cm³/mol. The highest BCUT2D eigenvalue weighted by Crippen LogP contribution is 2.35. The Morgan fingerprint density at radius 3 is 2.04 bits per heavy atom. The van der Waals surface area contributed by atoms with Crippen molar-refractivity contribution in [2.45, 2.75) is 90.5 Å². The highest BCUT2D eigenvalue weighted by molar-refractivity contribution is 6.32. The molecule has 2 atom stereocenters. The summed E-state index contributed by atoms with van der Waals surface area (Å²) in [5, 5.41) is 0.507. The first-order valence-corrected chi connectivity index (χ1v) is 16.5. The van der Waals surface area contributed by atoms with E-state index < -0.39 is 11.2 Å². The number of rotatable bonds is 3. The molecule has 0 bridgehead atoms. The van der Waals surface area contributed by atoms with Gasteiger partial charge in [0.15, 0.2) is 0 Å². The summed E-state index contributed by atoms with van der Waals surface area (Å²) in [5.74, 6) is 7.89. The standard InChI is InChI=1S/C36H41ClN6O4/c1-35(2,3)46-33(44)42-17-7-9-29(42)31-38-21-28(41-31)23-14-11-22(12-15-23)13-16-24-19-26-27(20-25(24)37)40-32(39-26)30-10-8-18-43(30)34(45)47-36(4,5)6/h11-12,14-15,19-21,29-30H,7-10,17-18H2,1-6H3,(H,38,41)(H,39,40)/t29-,30-/m0/s1. The number of benzene rings is 2. The van der Waals surface area contributed by atoms with Crippen molar-refractivity contribution in [1.29, 1.82) is 0 Å². The number of halogens is 1. The molecule has 11 heteroatoms. The Morgan fingerprint density at radius 1 is 0.851 bits per heavy atom. The van der Waals surface area contributed by atoms with E-state index in [9.17, 15) is 9.59 Å². The third-order valence-electron chi connectivity index (χ3n) is 8.11. The van der Waals surface area contributed by atoms with E-state index >= 15 is 0 Å². The van der Waals surface area contributed by atoms with Crippen molar-refractivity contribution in [3.05, 3.63) is 70.4 Å². The zero-order valence-corrected chi connectivity index (χ0v) is 28.5. The van der Waals surface area contributed by atoms with E-state index in [1.165, 1.54) is 0 Å². The van der Waals surface area contributed by atoms with Crippen LogP contribution in [0.3, 0.4) is 0 Å². The molecule has 6 rings (SSSR count). The number of fused-ring (bicyclic) bond motifs is 1. The number of aromatic nitrogens is 4. The number of H-pyrrole nitrogens is 2. The predicted octanol–water partition coefficient (Wildman–Crippen LogP) is 8.15. The molecular weight excluding hydrogens is 616 g/mol. The maximum Gasteiger partial charge on any atom is 0.410 e. The van der Waals surface area contributed by atoms with Crippen LogP contribution in [0.4, 0.5) is 9.59 Å². The van der Waals surface area contributed by atoms with E-state index in [-0.39, 0.29) is 24.3 Å². The van der Waals surface area contributed by atoms with E-state index in [0.717, 1.165) is 59.4 Å². The fourth-order valence-corrected chi connectivity index (χ4v) is 6.22. The van der Waals surface area contributed by atoms with E-state index in [4.69, 9.17) is 26.1 Å². The van der Waals surface area contributed by atoms with Gasteiger partial charge in [-0.25, -0.2) is 19.6 Å². The number of aromatic amines is 2. The number of nitrogens with one attached hydrogen (secondary N) is 2. The maximum atomic E-state index is 12.8. The largest absolute Gasteiger partial charge is 0.444 e.